The van der Waals surface area contributed by atoms with E-state index in [4.69, 9.17) is 0 Å². The summed E-state index contributed by atoms with van der Waals surface area (Å²) in [6, 6.07) is 7.84. The molecular formula is C15H17N5O3S. The van der Waals surface area contributed by atoms with E-state index in [-0.39, 0.29) is 16.8 Å². The van der Waals surface area contributed by atoms with E-state index in [2.05, 4.69) is 20.6 Å². The average molecular weight is 347 g/mol. The number of nitro benzene ring substituents is 1. The van der Waals surface area contributed by atoms with Gasteiger partial charge < -0.3 is 10.6 Å². The maximum Gasteiger partial charge on any atom is 0.269 e. The fourth-order valence-corrected chi connectivity index (χ4v) is 2.55. The number of carbonyl (C=O) groups is 1. The Bertz CT molecular complexity index is 681. The van der Waals surface area contributed by atoms with Crippen LogP contribution in [0.3, 0.4) is 0 Å². The van der Waals surface area contributed by atoms with E-state index in [1.165, 1.54) is 23.9 Å². The zero-order valence-electron chi connectivity index (χ0n) is 13.0. The van der Waals surface area contributed by atoms with Crippen LogP contribution in [0.5, 0.6) is 0 Å². The van der Waals surface area contributed by atoms with Crippen LogP contribution in [0.25, 0.3) is 0 Å². The first kappa shape index (κ1) is 17.7. The highest BCUT2D eigenvalue weighted by molar-refractivity contribution is 8.00. The molecule has 1 aromatic heterocycles. The third kappa shape index (κ3) is 5.51. The van der Waals surface area contributed by atoms with E-state index >= 15 is 0 Å². The molecule has 0 saturated carbocycles. The van der Waals surface area contributed by atoms with Crippen LogP contribution in [-0.2, 0) is 4.79 Å². The number of thioether (sulfide) groups is 1. The summed E-state index contributed by atoms with van der Waals surface area (Å²) < 4.78 is 0. The number of aromatic nitrogens is 2. The second-order valence-corrected chi connectivity index (χ2v) is 6.12. The average Bonchev–Trinajstić information content (AvgIpc) is 2.59. The molecule has 1 heterocycles. The predicted octanol–water partition coefficient (Wildman–Crippen LogP) is 2.09. The Labute approximate surface area is 143 Å². The molecule has 2 N–H and O–H groups in total. The lowest BCUT2D eigenvalue weighted by Crippen LogP contribution is -2.34. The Kier molecular flexibility index (Phi) is 6.50. The van der Waals surface area contributed by atoms with Crippen LogP contribution in [0.1, 0.15) is 6.92 Å². The first-order valence-electron chi connectivity index (χ1n) is 7.26. The predicted molar refractivity (Wildman–Crippen MR) is 91.9 cm³/mol. The second kappa shape index (κ2) is 8.82. The van der Waals surface area contributed by atoms with Crippen molar-refractivity contribution in [1.29, 1.82) is 0 Å². The van der Waals surface area contributed by atoms with E-state index < -0.39 is 4.92 Å². The van der Waals surface area contributed by atoms with E-state index in [0.717, 1.165) is 5.69 Å². The summed E-state index contributed by atoms with van der Waals surface area (Å²) in [4.78, 5) is 30.2. The molecule has 126 valence electrons. The molecule has 0 bridgehead atoms. The standard InChI is InChI=1S/C15H17N5O3S/c1-11(24-15-18-7-2-8-19-15)14(21)17-10-9-16-12-3-5-13(6-4-12)20(22)23/h2-8,11,16H,9-10H2,1H3,(H,17,21)/t11-/m1/s1. The van der Waals surface area contributed by atoms with E-state index in [1.54, 1.807) is 37.5 Å². The summed E-state index contributed by atoms with van der Waals surface area (Å²) in [5, 5.41) is 16.7. The fraction of sp³-hybridized carbons (Fsp3) is 0.267. The number of nitro groups is 1. The van der Waals surface area contributed by atoms with Crippen molar-refractivity contribution >= 4 is 29.0 Å². The Balaban J connectivity index is 1.69. The molecular weight excluding hydrogens is 330 g/mol. The molecule has 8 nitrogen and oxygen atoms in total. The number of carbonyl (C=O) groups excluding carboxylic acids is 1. The van der Waals surface area contributed by atoms with Gasteiger partial charge in [-0.05, 0) is 25.1 Å². The van der Waals surface area contributed by atoms with Crippen LogP contribution in [0.15, 0.2) is 47.9 Å². The third-order valence-corrected chi connectivity index (χ3v) is 4.01. The van der Waals surface area contributed by atoms with Crippen LogP contribution in [0.2, 0.25) is 0 Å². The van der Waals surface area contributed by atoms with E-state index in [1.807, 2.05) is 0 Å². The first-order chi connectivity index (χ1) is 11.6. The van der Waals surface area contributed by atoms with Crippen molar-refractivity contribution in [1.82, 2.24) is 15.3 Å². The van der Waals surface area contributed by atoms with Gasteiger partial charge in [0, 0.05) is 43.3 Å². The third-order valence-electron chi connectivity index (χ3n) is 3.02. The molecule has 9 heteroatoms. The van der Waals surface area contributed by atoms with Gasteiger partial charge in [-0.3, -0.25) is 14.9 Å². The fourth-order valence-electron chi connectivity index (χ4n) is 1.80. The molecule has 0 radical (unpaired) electrons. The van der Waals surface area contributed by atoms with E-state index in [0.29, 0.717) is 18.2 Å². The molecule has 1 amide bonds. The molecule has 0 aliphatic heterocycles. The zero-order valence-corrected chi connectivity index (χ0v) is 13.8. The van der Waals surface area contributed by atoms with Crippen molar-refractivity contribution in [3.63, 3.8) is 0 Å². The van der Waals surface area contributed by atoms with Gasteiger partial charge >= 0.3 is 0 Å². The largest absolute Gasteiger partial charge is 0.383 e. The molecule has 2 aromatic rings. The number of hydrogen-bond donors (Lipinski definition) is 2. The number of benzene rings is 1. The minimum Gasteiger partial charge on any atom is -0.383 e. The summed E-state index contributed by atoms with van der Waals surface area (Å²) in [7, 11) is 0. The zero-order chi connectivity index (χ0) is 17.4. The van der Waals surface area contributed by atoms with Crippen LogP contribution in [0, 0.1) is 10.1 Å². The van der Waals surface area contributed by atoms with Gasteiger partial charge in [0.25, 0.3) is 5.69 Å². The highest BCUT2D eigenvalue weighted by atomic mass is 32.2. The highest BCUT2D eigenvalue weighted by Crippen LogP contribution is 2.18. The lowest BCUT2D eigenvalue weighted by Gasteiger charge is -2.11. The van der Waals surface area contributed by atoms with Crippen molar-refractivity contribution in [3.8, 4) is 0 Å². The van der Waals surface area contributed by atoms with Gasteiger partial charge in [0.15, 0.2) is 5.16 Å². The molecule has 0 fully saturated rings. The number of rotatable bonds is 8. The number of nitrogens with one attached hydrogen (secondary N) is 2. The van der Waals surface area contributed by atoms with Crippen molar-refractivity contribution in [2.75, 3.05) is 18.4 Å². The maximum atomic E-state index is 12.0. The van der Waals surface area contributed by atoms with Crippen molar-refractivity contribution in [3.05, 3.63) is 52.8 Å². The van der Waals surface area contributed by atoms with Crippen LogP contribution in [-0.4, -0.2) is 39.1 Å². The van der Waals surface area contributed by atoms with Crippen molar-refractivity contribution < 1.29 is 9.72 Å². The number of amides is 1. The van der Waals surface area contributed by atoms with Gasteiger partial charge in [-0.1, -0.05) is 11.8 Å². The number of non-ortho nitro benzene ring substituents is 1. The van der Waals surface area contributed by atoms with Gasteiger partial charge in [-0.15, -0.1) is 0 Å². The summed E-state index contributed by atoms with van der Waals surface area (Å²) in [5.41, 5.74) is 0.804. The van der Waals surface area contributed by atoms with Crippen molar-refractivity contribution in [2.45, 2.75) is 17.3 Å². The number of nitrogens with zero attached hydrogens (tertiary/aromatic N) is 3. The highest BCUT2D eigenvalue weighted by Gasteiger charge is 2.14. The summed E-state index contributed by atoms with van der Waals surface area (Å²) in [5.74, 6) is -0.0991. The molecule has 1 atom stereocenters. The van der Waals surface area contributed by atoms with Crippen molar-refractivity contribution in [2.24, 2.45) is 0 Å². The molecule has 0 saturated heterocycles. The lowest BCUT2D eigenvalue weighted by atomic mass is 10.3. The summed E-state index contributed by atoms with van der Waals surface area (Å²) >= 11 is 1.29. The van der Waals surface area contributed by atoms with E-state index in [9.17, 15) is 14.9 Å². The molecule has 2 rings (SSSR count). The minimum absolute atomic E-state index is 0.0443. The SMILES string of the molecule is C[C@@H](Sc1ncccn1)C(=O)NCCNc1ccc([N+](=O)[O-])cc1. The first-order valence-corrected chi connectivity index (χ1v) is 8.14. The Morgan fingerprint density at radius 3 is 2.54 bits per heavy atom. The minimum atomic E-state index is -0.445. The van der Waals surface area contributed by atoms with Gasteiger partial charge in [-0.25, -0.2) is 9.97 Å². The van der Waals surface area contributed by atoms with Gasteiger partial charge in [-0.2, -0.15) is 0 Å². The molecule has 0 aliphatic carbocycles. The normalized spacial score (nSPS) is 11.5. The smallest absolute Gasteiger partial charge is 0.269 e. The van der Waals surface area contributed by atoms with Gasteiger partial charge in [0.2, 0.25) is 5.91 Å². The topological polar surface area (TPSA) is 110 Å². The maximum absolute atomic E-state index is 12.0. The molecule has 0 aliphatic rings. The molecule has 1 aromatic carbocycles. The number of hydrogen-bond acceptors (Lipinski definition) is 7. The van der Waals surface area contributed by atoms with Gasteiger partial charge in [0.1, 0.15) is 0 Å². The second-order valence-electron chi connectivity index (χ2n) is 4.81. The summed E-state index contributed by atoms with van der Waals surface area (Å²) in [6.07, 6.45) is 3.27. The Morgan fingerprint density at radius 2 is 1.92 bits per heavy atom. The monoisotopic (exact) mass is 347 g/mol. The Hall–Kier alpha value is -2.68. The van der Waals surface area contributed by atoms with Crippen LogP contribution in [0.4, 0.5) is 11.4 Å². The van der Waals surface area contributed by atoms with Crippen LogP contribution >= 0.6 is 11.8 Å². The molecule has 0 unspecified atom stereocenters. The van der Waals surface area contributed by atoms with Crippen LogP contribution < -0.4 is 10.6 Å². The molecule has 24 heavy (non-hydrogen) atoms. The molecule has 0 spiro atoms. The number of anilines is 1. The lowest BCUT2D eigenvalue weighted by molar-refractivity contribution is -0.384. The quantitative estimate of drug-likeness (QED) is 0.247. The summed E-state index contributed by atoms with van der Waals surface area (Å²) in [6.45, 7) is 2.75. The van der Waals surface area contributed by atoms with Gasteiger partial charge in [0.05, 0.1) is 10.2 Å². The Morgan fingerprint density at radius 1 is 1.25 bits per heavy atom.